The van der Waals surface area contributed by atoms with E-state index in [4.69, 9.17) is 9.72 Å². The molecule has 0 N–H and O–H groups in total. The van der Waals surface area contributed by atoms with Crippen LogP contribution < -0.4 is 10.5 Å². The fourth-order valence-corrected chi connectivity index (χ4v) is 4.70. The SMILES string of the molecule is Cc1cc([C@H]2CN(c3cc4c(=O)n(C)c(C)nc4c(-c4ccc(C(F)F)nc4)n3)CC(C)(C)O2)ccn1. The normalized spacial score (nSPS) is 17.5. The minimum Gasteiger partial charge on any atom is -0.364 e. The van der Waals surface area contributed by atoms with Crippen LogP contribution in [-0.2, 0) is 11.8 Å². The third-order valence-corrected chi connectivity index (χ3v) is 6.59. The van der Waals surface area contributed by atoms with Crippen molar-refractivity contribution < 1.29 is 13.5 Å². The average Bonchev–Trinajstić information content (AvgIpc) is 2.86. The Balaban J connectivity index is 1.67. The molecule has 4 aromatic heterocycles. The fraction of sp³-hybridized carbons (Fsp3) is 0.370. The molecule has 37 heavy (non-hydrogen) atoms. The lowest BCUT2D eigenvalue weighted by atomic mass is 10.0. The number of ether oxygens (including phenoxy) is 1. The Hall–Kier alpha value is -3.79. The number of pyridine rings is 3. The molecular formula is C27H28F2N6O2. The van der Waals surface area contributed by atoms with Crippen molar-refractivity contribution in [2.75, 3.05) is 18.0 Å². The molecule has 0 aromatic carbocycles. The standard InChI is InChI=1S/C27H28F2N6O2/c1-15-10-17(8-9-30-15)21-13-35(14-27(3,4)37-21)22-11-19-24(32-16(2)34(5)26(19)36)23(33-22)18-6-7-20(25(28)29)31-12-18/h6-12,21,25H,13-14H2,1-5H3/t21-/m1/s1. The smallest absolute Gasteiger partial charge is 0.280 e. The zero-order valence-corrected chi connectivity index (χ0v) is 21.4. The molecule has 0 aliphatic carbocycles. The van der Waals surface area contributed by atoms with Crippen LogP contribution in [0.5, 0.6) is 0 Å². The maximum absolute atomic E-state index is 13.3. The van der Waals surface area contributed by atoms with Gasteiger partial charge in [-0.1, -0.05) is 0 Å². The molecule has 5 rings (SSSR count). The molecule has 0 amide bonds. The molecule has 0 spiro atoms. The van der Waals surface area contributed by atoms with E-state index in [-0.39, 0.29) is 17.4 Å². The number of nitrogens with zero attached hydrogens (tertiary/aromatic N) is 6. The van der Waals surface area contributed by atoms with Gasteiger partial charge in [0.15, 0.2) is 0 Å². The van der Waals surface area contributed by atoms with E-state index in [0.29, 0.717) is 46.9 Å². The summed E-state index contributed by atoms with van der Waals surface area (Å²) in [6.07, 6.45) is 0.201. The van der Waals surface area contributed by atoms with Gasteiger partial charge in [-0.2, -0.15) is 0 Å². The minimum atomic E-state index is -2.68. The van der Waals surface area contributed by atoms with Crippen LogP contribution >= 0.6 is 0 Å². The van der Waals surface area contributed by atoms with Crippen LogP contribution in [0.4, 0.5) is 14.6 Å². The first-order chi connectivity index (χ1) is 17.5. The van der Waals surface area contributed by atoms with Crippen LogP contribution in [-0.4, -0.2) is 43.2 Å². The predicted octanol–water partition coefficient (Wildman–Crippen LogP) is 4.70. The molecule has 1 aliphatic rings. The van der Waals surface area contributed by atoms with E-state index in [1.807, 2.05) is 32.9 Å². The maximum Gasteiger partial charge on any atom is 0.280 e. The molecule has 192 valence electrons. The van der Waals surface area contributed by atoms with E-state index >= 15 is 0 Å². The largest absolute Gasteiger partial charge is 0.364 e. The number of morpholine rings is 1. The Kier molecular flexibility index (Phi) is 6.23. The van der Waals surface area contributed by atoms with Crippen LogP contribution in [0.15, 0.2) is 47.5 Å². The molecule has 1 atom stereocenters. The number of aromatic nitrogens is 5. The number of rotatable bonds is 4. The second kappa shape index (κ2) is 9.26. The third-order valence-electron chi connectivity index (χ3n) is 6.59. The zero-order chi connectivity index (χ0) is 26.5. The lowest BCUT2D eigenvalue weighted by Gasteiger charge is -2.43. The van der Waals surface area contributed by atoms with E-state index in [2.05, 4.69) is 19.9 Å². The van der Waals surface area contributed by atoms with Gasteiger partial charge < -0.3 is 9.64 Å². The van der Waals surface area contributed by atoms with Crippen molar-refractivity contribution in [2.24, 2.45) is 7.05 Å². The van der Waals surface area contributed by atoms with Gasteiger partial charge in [-0.15, -0.1) is 0 Å². The highest BCUT2D eigenvalue weighted by Gasteiger charge is 2.35. The predicted molar refractivity (Wildman–Crippen MR) is 137 cm³/mol. The van der Waals surface area contributed by atoms with Gasteiger partial charge in [-0.25, -0.2) is 18.7 Å². The van der Waals surface area contributed by atoms with E-state index in [1.165, 1.54) is 16.8 Å². The van der Waals surface area contributed by atoms with E-state index in [1.54, 1.807) is 32.3 Å². The van der Waals surface area contributed by atoms with Gasteiger partial charge >= 0.3 is 0 Å². The quantitative estimate of drug-likeness (QED) is 0.397. The molecule has 1 saturated heterocycles. The first kappa shape index (κ1) is 24.9. The molecule has 8 nitrogen and oxygen atoms in total. The highest BCUT2D eigenvalue weighted by Crippen LogP contribution is 2.35. The van der Waals surface area contributed by atoms with Gasteiger partial charge in [-0.05, 0) is 63.6 Å². The van der Waals surface area contributed by atoms with Crippen LogP contribution in [0, 0.1) is 13.8 Å². The van der Waals surface area contributed by atoms with Crippen molar-refractivity contribution in [1.29, 1.82) is 0 Å². The second-order valence-corrected chi connectivity index (χ2v) is 10.00. The molecule has 5 heterocycles. The molecule has 1 fully saturated rings. The van der Waals surface area contributed by atoms with Gasteiger partial charge in [0, 0.05) is 43.8 Å². The van der Waals surface area contributed by atoms with Crippen molar-refractivity contribution in [3.8, 4) is 11.3 Å². The van der Waals surface area contributed by atoms with Crippen molar-refractivity contribution in [2.45, 2.75) is 45.8 Å². The highest BCUT2D eigenvalue weighted by molar-refractivity contribution is 5.92. The highest BCUT2D eigenvalue weighted by atomic mass is 19.3. The topological polar surface area (TPSA) is 86.0 Å². The van der Waals surface area contributed by atoms with Gasteiger partial charge in [-0.3, -0.25) is 19.3 Å². The minimum absolute atomic E-state index is 0.210. The summed E-state index contributed by atoms with van der Waals surface area (Å²) in [6.45, 7) is 8.74. The summed E-state index contributed by atoms with van der Waals surface area (Å²) in [7, 11) is 1.67. The molecule has 0 saturated carbocycles. The Bertz CT molecular complexity index is 1530. The zero-order valence-electron chi connectivity index (χ0n) is 21.4. The van der Waals surface area contributed by atoms with Crippen LogP contribution in [0.1, 0.15) is 49.2 Å². The van der Waals surface area contributed by atoms with E-state index in [9.17, 15) is 13.6 Å². The number of hydrogen-bond donors (Lipinski definition) is 0. The van der Waals surface area contributed by atoms with E-state index in [0.717, 1.165) is 11.3 Å². The Morgan fingerprint density at radius 3 is 2.57 bits per heavy atom. The number of aryl methyl sites for hydroxylation is 2. The van der Waals surface area contributed by atoms with Crippen molar-refractivity contribution in [1.82, 2.24) is 24.5 Å². The molecule has 4 aromatic rings. The summed E-state index contributed by atoms with van der Waals surface area (Å²) in [4.78, 5) is 33.1. The monoisotopic (exact) mass is 506 g/mol. The van der Waals surface area contributed by atoms with Crippen LogP contribution in [0.2, 0.25) is 0 Å². The Morgan fingerprint density at radius 1 is 1.11 bits per heavy atom. The fourth-order valence-electron chi connectivity index (χ4n) is 4.70. The first-order valence-electron chi connectivity index (χ1n) is 12.0. The molecular weight excluding hydrogens is 478 g/mol. The summed E-state index contributed by atoms with van der Waals surface area (Å²) >= 11 is 0. The Labute approximate surface area is 213 Å². The summed E-state index contributed by atoms with van der Waals surface area (Å²) < 4.78 is 34.2. The van der Waals surface area contributed by atoms with Crippen molar-refractivity contribution in [3.63, 3.8) is 0 Å². The number of alkyl halides is 2. The van der Waals surface area contributed by atoms with E-state index < -0.39 is 12.0 Å². The number of halogens is 2. The number of anilines is 1. The summed E-state index contributed by atoms with van der Waals surface area (Å²) in [6, 6.07) is 8.51. The number of fused-ring (bicyclic) bond motifs is 1. The lowest BCUT2D eigenvalue weighted by Crippen LogP contribution is -2.50. The van der Waals surface area contributed by atoms with Crippen molar-refractivity contribution in [3.05, 3.63) is 75.9 Å². The molecule has 0 unspecified atom stereocenters. The summed E-state index contributed by atoms with van der Waals surface area (Å²) in [5, 5.41) is 0.395. The van der Waals surface area contributed by atoms with Crippen molar-refractivity contribution >= 4 is 16.7 Å². The average molecular weight is 507 g/mol. The first-order valence-corrected chi connectivity index (χ1v) is 12.0. The van der Waals surface area contributed by atoms with Crippen LogP contribution in [0.25, 0.3) is 22.2 Å². The molecule has 10 heteroatoms. The summed E-state index contributed by atoms with van der Waals surface area (Å²) in [5.74, 6) is 1.10. The van der Waals surface area contributed by atoms with Gasteiger partial charge in [0.2, 0.25) is 0 Å². The lowest BCUT2D eigenvalue weighted by molar-refractivity contribution is -0.0857. The maximum atomic E-state index is 13.3. The Morgan fingerprint density at radius 2 is 1.89 bits per heavy atom. The van der Waals surface area contributed by atoms with Crippen LogP contribution in [0.3, 0.4) is 0 Å². The second-order valence-electron chi connectivity index (χ2n) is 10.00. The summed E-state index contributed by atoms with van der Waals surface area (Å²) in [5.41, 5.74) is 2.19. The van der Waals surface area contributed by atoms with Gasteiger partial charge in [0.25, 0.3) is 12.0 Å². The number of hydrogen-bond acceptors (Lipinski definition) is 7. The third kappa shape index (κ3) is 4.81. The molecule has 1 aliphatic heterocycles. The molecule has 0 bridgehead atoms. The van der Waals surface area contributed by atoms with Gasteiger partial charge in [0.1, 0.15) is 34.7 Å². The van der Waals surface area contributed by atoms with Gasteiger partial charge in [0.05, 0.1) is 11.0 Å². The molecule has 0 radical (unpaired) electrons.